The van der Waals surface area contributed by atoms with Crippen LogP contribution in [0.2, 0.25) is 0 Å². The minimum atomic E-state index is -1.03. The van der Waals surface area contributed by atoms with Crippen molar-refractivity contribution in [3.8, 4) is 0 Å². The highest BCUT2D eigenvalue weighted by atomic mass is 79.9. The van der Waals surface area contributed by atoms with Crippen molar-refractivity contribution in [2.24, 2.45) is 0 Å². The molecule has 0 unspecified atom stereocenters. The Balaban J connectivity index is 2.25. The number of hydrogen-bond acceptors (Lipinski definition) is 3. The molecule has 0 atom stereocenters. The highest BCUT2D eigenvalue weighted by Gasteiger charge is 2.13. The highest BCUT2D eigenvalue weighted by molar-refractivity contribution is 9.10. The van der Waals surface area contributed by atoms with E-state index in [1.165, 1.54) is 18.2 Å². The fourth-order valence-electron chi connectivity index (χ4n) is 1.49. The van der Waals surface area contributed by atoms with Gasteiger partial charge in [0.15, 0.2) is 0 Å². The number of nitrogens with zero attached hydrogens (tertiary/aromatic N) is 1. The van der Waals surface area contributed by atoms with Gasteiger partial charge in [-0.3, -0.25) is 4.79 Å². The maximum Gasteiger partial charge on any atom is 0.335 e. The molecule has 0 spiro atoms. The smallest absolute Gasteiger partial charge is 0.335 e. The molecule has 0 aliphatic heterocycles. The van der Waals surface area contributed by atoms with Crippen molar-refractivity contribution in [3.63, 3.8) is 0 Å². The van der Waals surface area contributed by atoms with Gasteiger partial charge < -0.3 is 10.4 Å². The van der Waals surface area contributed by atoms with E-state index in [1.54, 1.807) is 18.3 Å². The first-order valence-corrected chi connectivity index (χ1v) is 7.02. The number of amides is 1. The van der Waals surface area contributed by atoms with Crippen LogP contribution in [0.15, 0.2) is 45.6 Å². The summed E-state index contributed by atoms with van der Waals surface area (Å²) < 4.78 is 0.932. The first-order chi connectivity index (χ1) is 9.49. The van der Waals surface area contributed by atoms with Crippen LogP contribution in [0.4, 0.5) is 5.69 Å². The first kappa shape index (κ1) is 14.7. The van der Waals surface area contributed by atoms with E-state index in [9.17, 15) is 9.59 Å². The summed E-state index contributed by atoms with van der Waals surface area (Å²) in [5, 5.41) is 11.6. The minimum absolute atomic E-state index is 0.137. The van der Waals surface area contributed by atoms with E-state index >= 15 is 0 Å². The summed E-state index contributed by atoms with van der Waals surface area (Å²) in [5.74, 6) is -1.37. The number of nitrogens with one attached hydrogen (secondary N) is 1. The Labute approximate surface area is 131 Å². The molecule has 2 N–H and O–H groups in total. The molecule has 0 fully saturated rings. The number of carbonyl (C=O) groups excluding carboxylic acids is 1. The van der Waals surface area contributed by atoms with Gasteiger partial charge in [-0.1, -0.05) is 0 Å². The Morgan fingerprint density at radius 1 is 1.20 bits per heavy atom. The van der Waals surface area contributed by atoms with Gasteiger partial charge >= 0.3 is 5.97 Å². The van der Waals surface area contributed by atoms with E-state index in [1.807, 2.05) is 0 Å². The van der Waals surface area contributed by atoms with Crippen molar-refractivity contribution < 1.29 is 14.7 Å². The maximum atomic E-state index is 12.1. The Morgan fingerprint density at radius 2 is 1.95 bits per heavy atom. The molecule has 102 valence electrons. The number of carbonyl (C=O) groups is 2. The maximum absolute atomic E-state index is 12.1. The molecule has 0 aliphatic rings. The molecule has 7 heteroatoms. The van der Waals surface area contributed by atoms with Crippen molar-refractivity contribution in [1.82, 2.24) is 4.98 Å². The number of rotatable bonds is 3. The lowest BCUT2D eigenvalue weighted by atomic mass is 10.2. The summed E-state index contributed by atoms with van der Waals surface area (Å²) in [6, 6.07) is 7.65. The molecule has 0 bridgehead atoms. The van der Waals surface area contributed by atoms with E-state index in [2.05, 4.69) is 42.2 Å². The summed E-state index contributed by atoms with van der Waals surface area (Å²) in [4.78, 5) is 26.9. The second-order valence-corrected chi connectivity index (χ2v) is 5.40. The fraction of sp³-hybridized carbons (Fsp3) is 0. The summed E-state index contributed by atoms with van der Waals surface area (Å²) in [5.41, 5.74) is 1.01. The summed E-state index contributed by atoms with van der Waals surface area (Å²) in [7, 11) is 0. The molecular weight excluding hydrogens is 392 g/mol. The van der Waals surface area contributed by atoms with Crippen LogP contribution in [0, 0.1) is 0 Å². The summed E-state index contributed by atoms with van der Waals surface area (Å²) >= 11 is 6.43. The predicted molar refractivity (Wildman–Crippen MR) is 81.0 cm³/mol. The third-order valence-corrected chi connectivity index (χ3v) is 3.76. The normalized spacial score (nSPS) is 10.1. The molecule has 0 aliphatic carbocycles. The van der Waals surface area contributed by atoms with Crippen molar-refractivity contribution in [3.05, 3.63) is 56.7 Å². The Kier molecular flexibility index (Phi) is 4.51. The van der Waals surface area contributed by atoms with Crippen LogP contribution in [0.5, 0.6) is 0 Å². The number of aromatic carboxylic acids is 1. The number of pyridine rings is 1. The summed E-state index contributed by atoms with van der Waals surface area (Å²) in [6.07, 6.45) is 1.57. The molecule has 0 radical (unpaired) electrons. The topological polar surface area (TPSA) is 79.3 Å². The Bertz CT molecular complexity index is 689. The Hall–Kier alpha value is -1.73. The molecule has 5 nitrogen and oxygen atoms in total. The molecule has 0 saturated heterocycles. The van der Waals surface area contributed by atoms with Crippen molar-refractivity contribution in [2.75, 3.05) is 5.32 Å². The molecule has 1 aromatic heterocycles. The van der Waals surface area contributed by atoms with Gasteiger partial charge in [0.2, 0.25) is 0 Å². The number of halogens is 2. The average molecular weight is 400 g/mol. The monoisotopic (exact) mass is 398 g/mol. The zero-order valence-electron chi connectivity index (χ0n) is 9.93. The fourth-order valence-corrected chi connectivity index (χ4v) is 2.40. The van der Waals surface area contributed by atoms with Gasteiger partial charge in [-0.25, -0.2) is 9.78 Å². The number of anilines is 1. The first-order valence-electron chi connectivity index (χ1n) is 5.44. The Morgan fingerprint density at radius 3 is 2.55 bits per heavy atom. The molecule has 2 rings (SSSR count). The van der Waals surface area contributed by atoms with E-state index < -0.39 is 5.97 Å². The number of hydrogen-bond donors (Lipinski definition) is 2. The van der Waals surface area contributed by atoms with E-state index in [0.717, 1.165) is 0 Å². The molecule has 20 heavy (non-hydrogen) atoms. The van der Waals surface area contributed by atoms with Gasteiger partial charge in [0.25, 0.3) is 5.91 Å². The quantitative estimate of drug-likeness (QED) is 0.773. The number of aromatic nitrogens is 1. The van der Waals surface area contributed by atoms with Gasteiger partial charge in [-0.05, 0) is 62.2 Å². The third-order valence-electron chi connectivity index (χ3n) is 2.47. The second kappa shape index (κ2) is 6.15. The predicted octanol–water partition coefficient (Wildman–Crippen LogP) is 3.56. The molecule has 1 amide bonds. The van der Waals surface area contributed by atoms with Crippen LogP contribution < -0.4 is 5.32 Å². The highest BCUT2D eigenvalue weighted by Crippen LogP contribution is 2.25. The van der Waals surface area contributed by atoms with Crippen LogP contribution in [0.3, 0.4) is 0 Å². The average Bonchev–Trinajstić information content (AvgIpc) is 2.41. The SMILES string of the molecule is O=C(O)c1ccc(NC(=O)c2cccnc2Br)c(Br)c1. The lowest BCUT2D eigenvalue weighted by Gasteiger charge is -2.08. The van der Waals surface area contributed by atoms with Gasteiger partial charge in [0.1, 0.15) is 4.60 Å². The lowest BCUT2D eigenvalue weighted by molar-refractivity contribution is 0.0696. The largest absolute Gasteiger partial charge is 0.478 e. The van der Waals surface area contributed by atoms with Crippen LogP contribution in [0.1, 0.15) is 20.7 Å². The van der Waals surface area contributed by atoms with Crippen LogP contribution in [0.25, 0.3) is 0 Å². The molecule has 0 saturated carbocycles. The van der Waals surface area contributed by atoms with Crippen molar-refractivity contribution in [2.45, 2.75) is 0 Å². The minimum Gasteiger partial charge on any atom is -0.478 e. The van der Waals surface area contributed by atoms with E-state index in [0.29, 0.717) is 20.3 Å². The summed E-state index contributed by atoms with van der Waals surface area (Å²) in [6.45, 7) is 0. The van der Waals surface area contributed by atoms with Gasteiger partial charge in [0.05, 0.1) is 16.8 Å². The number of benzene rings is 1. The molecule has 1 heterocycles. The van der Waals surface area contributed by atoms with Crippen molar-refractivity contribution >= 4 is 49.4 Å². The number of carboxylic acids is 1. The van der Waals surface area contributed by atoms with Crippen LogP contribution >= 0.6 is 31.9 Å². The van der Waals surface area contributed by atoms with Gasteiger partial charge in [0, 0.05) is 10.7 Å². The van der Waals surface area contributed by atoms with Gasteiger partial charge in [-0.15, -0.1) is 0 Å². The number of carboxylic acid groups (broad SMARTS) is 1. The zero-order valence-corrected chi connectivity index (χ0v) is 13.1. The molecule has 2 aromatic rings. The lowest BCUT2D eigenvalue weighted by Crippen LogP contribution is -2.13. The van der Waals surface area contributed by atoms with Crippen LogP contribution in [-0.2, 0) is 0 Å². The van der Waals surface area contributed by atoms with Crippen LogP contribution in [-0.4, -0.2) is 22.0 Å². The zero-order chi connectivity index (χ0) is 14.7. The van der Waals surface area contributed by atoms with Gasteiger partial charge in [-0.2, -0.15) is 0 Å². The molecular formula is C13H8Br2N2O3. The van der Waals surface area contributed by atoms with E-state index in [4.69, 9.17) is 5.11 Å². The van der Waals surface area contributed by atoms with E-state index in [-0.39, 0.29) is 11.5 Å². The third kappa shape index (κ3) is 3.23. The molecule has 1 aromatic carbocycles. The second-order valence-electron chi connectivity index (χ2n) is 3.80. The van der Waals surface area contributed by atoms with Crippen molar-refractivity contribution in [1.29, 1.82) is 0 Å². The standard InChI is InChI=1S/C13H8Br2N2O3/c14-9-6-7(13(19)20)3-4-10(9)17-12(18)8-2-1-5-16-11(8)15/h1-6H,(H,17,18)(H,19,20).